The number of hydrogen-bond acceptors (Lipinski definition) is 3. The van der Waals surface area contributed by atoms with Crippen LogP contribution in [0.5, 0.6) is 0 Å². The maximum Gasteiger partial charge on any atom is 0.326 e. The largest absolute Gasteiger partial charge is 0.480 e. The first kappa shape index (κ1) is 10.4. The molecule has 0 unspecified atom stereocenters. The van der Waals surface area contributed by atoms with E-state index in [0.717, 1.165) is 0 Å². The Hall–Kier alpha value is -0.610. The van der Waals surface area contributed by atoms with Crippen LogP contribution in [0.1, 0.15) is 20.8 Å². The molecule has 11 heavy (non-hydrogen) atoms. The molecule has 4 heteroatoms. The predicted octanol–water partition coefficient (Wildman–Crippen LogP) is -0.193. The SMILES string of the molecule is CC(C)(C)[C@@](N)(CO)C(=O)O. The summed E-state index contributed by atoms with van der Waals surface area (Å²) in [4.78, 5) is 10.6. The van der Waals surface area contributed by atoms with Crippen molar-refractivity contribution in [1.29, 1.82) is 0 Å². The minimum Gasteiger partial charge on any atom is -0.480 e. The molecule has 4 N–H and O–H groups in total. The third-order valence-electron chi connectivity index (χ3n) is 1.97. The van der Waals surface area contributed by atoms with Gasteiger partial charge in [-0.15, -0.1) is 0 Å². The van der Waals surface area contributed by atoms with Gasteiger partial charge < -0.3 is 15.9 Å². The summed E-state index contributed by atoms with van der Waals surface area (Å²) in [5.41, 5.74) is 3.27. The van der Waals surface area contributed by atoms with Gasteiger partial charge in [-0.25, -0.2) is 0 Å². The highest BCUT2D eigenvalue weighted by Gasteiger charge is 2.44. The van der Waals surface area contributed by atoms with Crippen LogP contribution in [0.25, 0.3) is 0 Å². The molecule has 66 valence electrons. The monoisotopic (exact) mass is 161 g/mol. The molecule has 0 bridgehead atoms. The minimum atomic E-state index is -1.55. The highest BCUT2D eigenvalue weighted by molar-refractivity contribution is 5.79. The molecule has 0 spiro atoms. The van der Waals surface area contributed by atoms with Gasteiger partial charge >= 0.3 is 5.97 Å². The smallest absolute Gasteiger partial charge is 0.326 e. The summed E-state index contributed by atoms with van der Waals surface area (Å²) in [6, 6.07) is 0. The highest BCUT2D eigenvalue weighted by atomic mass is 16.4. The van der Waals surface area contributed by atoms with Crippen LogP contribution in [0, 0.1) is 5.41 Å². The molecule has 0 aromatic rings. The summed E-state index contributed by atoms with van der Waals surface area (Å²) in [5.74, 6) is -1.17. The fourth-order valence-corrected chi connectivity index (χ4v) is 0.626. The van der Waals surface area contributed by atoms with Gasteiger partial charge in [0.05, 0.1) is 6.61 Å². The number of aliphatic hydroxyl groups excluding tert-OH is 1. The van der Waals surface area contributed by atoms with E-state index in [1.165, 1.54) is 0 Å². The molecular formula is C7H15NO3. The van der Waals surface area contributed by atoms with Crippen LogP contribution >= 0.6 is 0 Å². The van der Waals surface area contributed by atoms with Gasteiger partial charge in [-0.1, -0.05) is 20.8 Å². The fourth-order valence-electron chi connectivity index (χ4n) is 0.626. The lowest BCUT2D eigenvalue weighted by Gasteiger charge is -2.35. The lowest BCUT2D eigenvalue weighted by atomic mass is 9.75. The normalized spacial score (nSPS) is 17.5. The van der Waals surface area contributed by atoms with Gasteiger partial charge in [-0.2, -0.15) is 0 Å². The van der Waals surface area contributed by atoms with Crippen LogP contribution in [0.3, 0.4) is 0 Å². The Morgan fingerprint density at radius 3 is 1.82 bits per heavy atom. The van der Waals surface area contributed by atoms with Crippen LogP contribution in [0.4, 0.5) is 0 Å². The van der Waals surface area contributed by atoms with Gasteiger partial charge in [0.25, 0.3) is 0 Å². The maximum atomic E-state index is 10.6. The summed E-state index contributed by atoms with van der Waals surface area (Å²) in [5, 5.41) is 17.5. The van der Waals surface area contributed by atoms with E-state index in [-0.39, 0.29) is 0 Å². The molecule has 0 aliphatic rings. The number of carboxylic acids is 1. The average Bonchev–Trinajstić information content (AvgIpc) is 1.83. The molecule has 0 aromatic heterocycles. The molecule has 0 amide bonds. The van der Waals surface area contributed by atoms with Gasteiger partial charge in [0.15, 0.2) is 0 Å². The van der Waals surface area contributed by atoms with E-state index >= 15 is 0 Å². The van der Waals surface area contributed by atoms with Crippen LogP contribution < -0.4 is 5.73 Å². The lowest BCUT2D eigenvalue weighted by Crippen LogP contribution is -2.60. The van der Waals surface area contributed by atoms with E-state index < -0.39 is 23.5 Å². The molecule has 0 heterocycles. The molecule has 0 aromatic carbocycles. The van der Waals surface area contributed by atoms with Crippen molar-refractivity contribution in [2.24, 2.45) is 11.1 Å². The molecule has 0 aliphatic carbocycles. The number of aliphatic hydroxyl groups is 1. The summed E-state index contributed by atoms with van der Waals surface area (Å²) < 4.78 is 0. The standard InChI is InChI=1S/C7H15NO3/c1-6(2,3)7(8,4-9)5(10)11/h9H,4,8H2,1-3H3,(H,10,11)/t7-/m1/s1. The van der Waals surface area contributed by atoms with Crippen molar-refractivity contribution >= 4 is 5.97 Å². The first-order valence-corrected chi connectivity index (χ1v) is 3.39. The number of hydrogen-bond donors (Lipinski definition) is 3. The fraction of sp³-hybridized carbons (Fsp3) is 0.857. The molecule has 0 rings (SSSR count). The maximum absolute atomic E-state index is 10.6. The van der Waals surface area contributed by atoms with E-state index in [4.69, 9.17) is 15.9 Å². The zero-order valence-electron chi connectivity index (χ0n) is 7.09. The molecule has 0 aliphatic heterocycles. The second kappa shape index (κ2) is 2.79. The van der Waals surface area contributed by atoms with Gasteiger partial charge in [-0.3, -0.25) is 4.79 Å². The Bertz CT molecular complexity index is 162. The zero-order chi connectivity index (χ0) is 9.28. The van der Waals surface area contributed by atoms with Crippen molar-refractivity contribution < 1.29 is 15.0 Å². The van der Waals surface area contributed by atoms with E-state index in [2.05, 4.69) is 0 Å². The van der Waals surface area contributed by atoms with Crippen molar-refractivity contribution in [3.05, 3.63) is 0 Å². The number of carbonyl (C=O) groups is 1. The van der Waals surface area contributed by atoms with Crippen molar-refractivity contribution in [3.63, 3.8) is 0 Å². The van der Waals surface area contributed by atoms with Gasteiger partial charge in [0.1, 0.15) is 5.54 Å². The molecule has 4 nitrogen and oxygen atoms in total. The van der Waals surface area contributed by atoms with Crippen LogP contribution in [-0.2, 0) is 4.79 Å². The Kier molecular flexibility index (Phi) is 2.64. The quantitative estimate of drug-likeness (QED) is 0.524. The Morgan fingerprint density at radius 1 is 1.45 bits per heavy atom. The van der Waals surface area contributed by atoms with E-state index in [1.54, 1.807) is 20.8 Å². The van der Waals surface area contributed by atoms with Crippen molar-refractivity contribution in [2.45, 2.75) is 26.3 Å². The van der Waals surface area contributed by atoms with Crippen LogP contribution in [0.15, 0.2) is 0 Å². The average molecular weight is 161 g/mol. The summed E-state index contributed by atoms with van der Waals surface area (Å²) in [7, 11) is 0. The molecule has 0 radical (unpaired) electrons. The second-order valence-corrected chi connectivity index (χ2v) is 3.68. The predicted molar refractivity (Wildman–Crippen MR) is 41.1 cm³/mol. The van der Waals surface area contributed by atoms with Crippen LogP contribution in [0.2, 0.25) is 0 Å². The third-order valence-corrected chi connectivity index (χ3v) is 1.97. The highest BCUT2D eigenvalue weighted by Crippen LogP contribution is 2.27. The third kappa shape index (κ3) is 1.70. The topological polar surface area (TPSA) is 83.5 Å². The van der Waals surface area contributed by atoms with Crippen molar-refractivity contribution in [2.75, 3.05) is 6.61 Å². The second-order valence-electron chi connectivity index (χ2n) is 3.68. The van der Waals surface area contributed by atoms with Gasteiger partial charge in [0.2, 0.25) is 0 Å². The molecule has 0 fully saturated rings. The Morgan fingerprint density at radius 2 is 1.82 bits per heavy atom. The summed E-state index contributed by atoms with van der Waals surface area (Å²) in [6.45, 7) is 4.48. The molecule has 1 atom stereocenters. The minimum absolute atomic E-state index is 0.550. The lowest BCUT2D eigenvalue weighted by molar-refractivity contribution is -0.150. The van der Waals surface area contributed by atoms with Gasteiger partial charge in [0, 0.05) is 0 Å². The van der Waals surface area contributed by atoms with Crippen LogP contribution in [-0.4, -0.2) is 28.3 Å². The summed E-state index contributed by atoms with van der Waals surface area (Å²) in [6.07, 6.45) is 0. The zero-order valence-corrected chi connectivity index (χ0v) is 7.09. The summed E-state index contributed by atoms with van der Waals surface area (Å²) >= 11 is 0. The molecular weight excluding hydrogens is 146 g/mol. The first-order valence-electron chi connectivity index (χ1n) is 3.39. The number of nitrogens with two attached hydrogens (primary N) is 1. The Labute approximate surface area is 66.0 Å². The van der Waals surface area contributed by atoms with E-state index in [1.807, 2.05) is 0 Å². The number of rotatable bonds is 2. The number of aliphatic carboxylic acids is 1. The van der Waals surface area contributed by atoms with Crippen molar-refractivity contribution in [3.8, 4) is 0 Å². The Balaban J connectivity index is 4.75. The van der Waals surface area contributed by atoms with E-state index in [0.29, 0.717) is 0 Å². The number of carboxylic acid groups (broad SMARTS) is 1. The molecule has 0 saturated heterocycles. The van der Waals surface area contributed by atoms with Crippen molar-refractivity contribution in [1.82, 2.24) is 0 Å². The molecule has 0 saturated carbocycles. The van der Waals surface area contributed by atoms with E-state index in [9.17, 15) is 4.79 Å². The first-order chi connectivity index (χ1) is 4.75. The van der Waals surface area contributed by atoms with Gasteiger partial charge in [-0.05, 0) is 5.41 Å².